The minimum Gasteiger partial charge on any atom is -0.390 e. The van der Waals surface area contributed by atoms with E-state index in [1.54, 1.807) is 0 Å². The van der Waals surface area contributed by atoms with Crippen LogP contribution in [0.2, 0.25) is 0 Å². The maximum atomic E-state index is 10.5. The molecule has 2 aliphatic heterocycles. The van der Waals surface area contributed by atoms with E-state index in [4.69, 9.17) is 4.74 Å². The maximum absolute atomic E-state index is 10.5. The molecule has 2 heterocycles. The molecule has 0 bridgehead atoms. The summed E-state index contributed by atoms with van der Waals surface area (Å²) in [4.78, 5) is 4.78. The molecule has 0 spiro atoms. The van der Waals surface area contributed by atoms with Gasteiger partial charge in [0.1, 0.15) is 0 Å². The van der Waals surface area contributed by atoms with E-state index in [0.29, 0.717) is 6.04 Å². The maximum Gasteiger partial charge on any atom is 0.0794 e. The third-order valence-electron chi connectivity index (χ3n) is 4.93. The Hall–Kier alpha value is -0.940. The summed E-state index contributed by atoms with van der Waals surface area (Å²) in [7, 11) is 0. The first-order valence-corrected chi connectivity index (χ1v) is 8.52. The highest BCUT2D eigenvalue weighted by molar-refractivity contribution is 5.29. The number of hydrogen-bond donors (Lipinski definition) is 1. The number of benzene rings is 1. The molecule has 22 heavy (non-hydrogen) atoms. The highest BCUT2D eigenvalue weighted by Crippen LogP contribution is 2.33. The van der Waals surface area contributed by atoms with Gasteiger partial charge in [0.25, 0.3) is 0 Å². The second kappa shape index (κ2) is 7.55. The van der Waals surface area contributed by atoms with Gasteiger partial charge in [0.15, 0.2) is 0 Å². The van der Waals surface area contributed by atoms with E-state index in [1.165, 1.54) is 24.0 Å². The molecule has 122 valence electrons. The lowest BCUT2D eigenvalue weighted by Crippen LogP contribution is -2.44. The van der Waals surface area contributed by atoms with Gasteiger partial charge in [-0.15, -0.1) is 0 Å². The molecule has 1 aromatic carbocycles. The molecule has 4 heteroatoms. The van der Waals surface area contributed by atoms with Crippen LogP contribution in [0, 0.1) is 6.92 Å². The number of rotatable bonds is 5. The summed E-state index contributed by atoms with van der Waals surface area (Å²) in [5, 5.41) is 10.5. The molecular weight excluding hydrogens is 276 g/mol. The lowest BCUT2D eigenvalue weighted by atomic mass is 9.99. The molecular formula is C18H28N2O2. The van der Waals surface area contributed by atoms with Crippen LogP contribution in [-0.4, -0.2) is 66.9 Å². The van der Waals surface area contributed by atoms with Gasteiger partial charge in [-0.2, -0.15) is 0 Å². The predicted molar refractivity (Wildman–Crippen MR) is 88.0 cm³/mol. The fraction of sp³-hybridized carbons (Fsp3) is 0.667. The summed E-state index contributed by atoms with van der Waals surface area (Å²) < 4.78 is 5.37. The SMILES string of the molecule is Cc1ccccc1C1CCCN1CC(O)CN1CCOCC1. The molecule has 2 unspecified atom stereocenters. The largest absolute Gasteiger partial charge is 0.390 e. The number of likely N-dealkylation sites (tertiary alicyclic amines) is 1. The Bertz CT molecular complexity index is 474. The van der Waals surface area contributed by atoms with Crippen molar-refractivity contribution in [3.63, 3.8) is 0 Å². The van der Waals surface area contributed by atoms with Gasteiger partial charge in [0.2, 0.25) is 0 Å². The van der Waals surface area contributed by atoms with Crippen LogP contribution in [0.4, 0.5) is 0 Å². The molecule has 0 aromatic heterocycles. The van der Waals surface area contributed by atoms with Crippen molar-refractivity contribution in [1.29, 1.82) is 0 Å². The third-order valence-corrected chi connectivity index (χ3v) is 4.93. The topological polar surface area (TPSA) is 35.9 Å². The Balaban J connectivity index is 1.57. The number of aliphatic hydroxyl groups excluding tert-OH is 1. The van der Waals surface area contributed by atoms with Gasteiger partial charge in [0.05, 0.1) is 19.3 Å². The van der Waals surface area contributed by atoms with Crippen molar-refractivity contribution in [3.05, 3.63) is 35.4 Å². The van der Waals surface area contributed by atoms with Gasteiger partial charge in [-0.25, -0.2) is 0 Å². The van der Waals surface area contributed by atoms with Crippen molar-refractivity contribution in [2.24, 2.45) is 0 Å². The first-order valence-electron chi connectivity index (χ1n) is 8.52. The van der Waals surface area contributed by atoms with Crippen LogP contribution in [0.15, 0.2) is 24.3 Å². The zero-order chi connectivity index (χ0) is 15.4. The van der Waals surface area contributed by atoms with E-state index >= 15 is 0 Å². The lowest BCUT2D eigenvalue weighted by Gasteiger charge is -2.32. The van der Waals surface area contributed by atoms with Crippen LogP contribution in [0.25, 0.3) is 0 Å². The van der Waals surface area contributed by atoms with Crippen molar-refractivity contribution in [3.8, 4) is 0 Å². The summed E-state index contributed by atoms with van der Waals surface area (Å²) in [6, 6.07) is 9.14. The van der Waals surface area contributed by atoms with E-state index in [0.717, 1.165) is 45.9 Å². The lowest BCUT2D eigenvalue weighted by molar-refractivity contribution is 0.00583. The smallest absolute Gasteiger partial charge is 0.0794 e. The summed E-state index contributed by atoms with van der Waals surface area (Å²) in [5.74, 6) is 0. The number of hydrogen-bond acceptors (Lipinski definition) is 4. The van der Waals surface area contributed by atoms with Gasteiger partial charge in [-0.3, -0.25) is 9.80 Å². The fourth-order valence-electron chi connectivity index (χ4n) is 3.77. The van der Waals surface area contributed by atoms with Crippen molar-refractivity contribution >= 4 is 0 Å². The highest BCUT2D eigenvalue weighted by Gasteiger charge is 2.29. The first kappa shape index (κ1) is 15.9. The molecule has 2 atom stereocenters. The molecule has 0 amide bonds. The quantitative estimate of drug-likeness (QED) is 0.900. The Morgan fingerprint density at radius 3 is 2.73 bits per heavy atom. The Morgan fingerprint density at radius 2 is 1.95 bits per heavy atom. The molecule has 0 aliphatic carbocycles. The fourth-order valence-corrected chi connectivity index (χ4v) is 3.77. The third kappa shape index (κ3) is 3.87. The van der Waals surface area contributed by atoms with Gasteiger partial charge < -0.3 is 9.84 Å². The molecule has 2 aliphatic rings. The summed E-state index contributed by atoms with van der Waals surface area (Å²) in [6.45, 7) is 8.30. The van der Waals surface area contributed by atoms with Crippen LogP contribution in [0.3, 0.4) is 0 Å². The second-order valence-corrected chi connectivity index (χ2v) is 6.58. The van der Waals surface area contributed by atoms with Crippen LogP contribution in [0.1, 0.15) is 30.0 Å². The molecule has 1 aromatic rings. The van der Waals surface area contributed by atoms with E-state index < -0.39 is 0 Å². The van der Waals surface area contributed by atoms with Crippen LogP contribution >= 0.6 is 0 Å². The number of aryl methyl sites for hydroxylation is 1. The molecule has 1 N–H and O–H groups in total. The highest BCUT2D eigenvalue weighted by atomic mass is 16.5. The number of aliphatic hydroxyl groups is 1. The van der Waals surface area contributed by atoms with E-state index in [9.17, 15) is 5.11 Å². The van der Waals surface area contributed by atoms with E-state index in [1.807, 2.05) is 0 Å². The Morgan fingerprint density at radius 1 is 1.18 bits per heavy atom. The summed E-state index contributed by atoms with van der Waals surface area (Å²) in [5.41, 5.74) is 2.79. The number of β-amino-alcohol motifs (C(OH)–C–C–N with tert-alkyl or cyclic N) is 1. The van der Waals surface area contributed by atoms with Crippen LogP contribution in [0.5, 0.6) is 0 Å². The van der Waals surface area contributed by atoms with Gasteiger partial charge in [0, 0.05) is 32.2 Å². The second-order valence-electron chi connectivity index (χ2n) is 6.58. The Kier molecular flexibility index (Phi) is 5.47. The minimum atomic E-state index is -0.275. The predicted octanol–water partition coefficient (Wildman–Crippen LogP) is 1.83. The van der Waals surface area contributed by atoms with Crippen LogP contribution < -0.4 is 0 Å². The average Bonchev–Trinajstić information content (AvgIpc) is 2.96. The Labute approximate surface area is 133 Å². The standard InChI is InChI=1S/C18H28N2O2/c1-15-5-2-3-6-17(15)18-7-4-8-20(18)14-16(21)13-19-9-11-22-12-10-19/h2-3,5-6,16,18,21H,4,7-14H2,1H3. The number of nitrogens with zero attached hydrogens (tertiary/aromatic N) is 2. The molecule has 3 rings (SSSR count). The van der Waals surface area contributed by atoms with Crippen molar-refractivity contribution in [2.45, 2.75) is 31.9 Å². The van der Waals surface area contributed by atoms with Crippen LogP contribution in [-0.2, 0) is 4.74 Å². The van der Waals surface area contributed by atoms with E-state index in [2.05, 4.69) is 41.0 Å². The number of morpholine rings is 1. The zero-order valence-corrected chi connectivity index (χ0v) is 13.6. The molecule has 2 saturated heterocycles. The minimum absolute atomic E-state index is 0.275. The summed E-state index contributed by atoms with van der Waals surface area (Å²) in [6.07, 6.45) is 2.15. The van der Waals surface area contributed by atoms with Gasteiger partial charge >= 0.3 is 0 Å². The summed E-state index contributed by atoms with van der Waals surface area (Å²) >= 11 is 0. The van der Waals surface area contributed by atoms with Crippen molar-refractivity contribution in [2.75, 3.05) is 45.9 Å². The van der Waals surface area contributed by atoms with Gasteiger partial charge in [-0.05, 0) is 37.4 Å². The molecule has 0 radical (unpaired) electrons. The van der Waals surface area contributed by atoms with E-state index in [-0.39, 0.29) is 6.10 Å². The van der Waals surface area contributed by atoms with Crippen molar-refractivity contribution in [1.82, 2.24) is 9.80 Å². The zero-order valence-electron chi connectivity index (χ0n) is 13.6. The first-order chi connectivity index (χ1) is 10.7. The van der Waals surface area contributed by atoms with Crippen molar-refractivity contribution < 1.29 is 9.84 Å². The number of ether oxygens (including phenoxy) is 1. The molecule has 4 nitrogen and oxygen atoms in total. The monoisotopic (exact) mass is 304 g/mol. The van der Waals surface area contributed by atoms with Gasteiger partial charge in [-0.1, -0.05) is 24.3 Å². The molecule has 0 saturated carbocycles. The average molecular weight is 304 g/mol. The normalized spacial score (nSPS) is 25.5. The molecule has 2 fully saturated rings.